The van der Waals surface area contributed by atoms with Crippen molar-refractivity contribution < 1.29 is 9.66 Å². The molecule has 7 heteroatoms. The van der Waals surface area contributed by atoms with Gasteiger partial charge in [0.2, 0.25) is 5.88 Å². The molecule has 0 unspecified atom stereocenters. The molecular weight excluding hydrogens is 416 g/mol. The largest absolute Gasteiger partial charge is 0.477 e. The Morgan fingerprint density at radius 2 is 1.76 bits per heavy atom. The molecule has 0 amide bonds. The molecule has 1 aliphatic rings. The molecule has 1 saturated heterocycles. The van der Waals surface area contributed by atoms with E-state index in [1.54, 1.807) is 12.1 Å². The second-order valence-corrected chi connectivity index (χ2v) is 8.95. The average Bonchev–Trinajstić information content (AvgIpc) is 3.24. The number of para-hydroxylation sites is 1. The molecule has 0 radical (unpaired) electrons. The zero-order chi connectivity index (χ0) is 22.8. The maximum absolute atomic E-state index is 10.8. The van der Waals surface area contributed by atoms with E-state index < -0.39 is 0 Å². The van der Waals surface area contributed by atoms with Crippen LogP contribution < -0.4 is 4.74 Å². The Morgan fingerprint density at radius 3 is 2.52 bits per heavy atom. The number of pyridine rings is 1. The van der Waals surface area contributed by atoms with Crippen molar-refractivity contribution in [2.75, 3.05) is 26.2 Å². The van der Waals surface area contributed by atoms with Crippen LogP contribution in [-0.4, -0.2) is 45.6 Å². The van der Waals surface area contributed by atoms with Crippen LogP contribution in [0.5, 0.6) is 5.88 Å². The zero-order valence-corrected chi connectivity index (χ0v) is 18.8. The first kappa shape index (κ1) is 21.4. The van der Waals surface area contributed by atoms with Crippen LogP contribution in [0.25, 0.3) is 21.7 Å². The minimum absolute atomic E-state index is 0.147. The van der Waals surface area contributed by atoms with Gasteiger partial charge in [-0.25, -0.2) is 4.98 Å². The van der Waals surface area contributed by atoms with Gasteiger partial charge >= 0.3 is 0 Å². The van der Waals surface area contributed by atoms with Gasteiger partial charge in [-0.05, 0) is 49.9 Å². The van der Waals surface area contributed by atoms with E-state index in [0.29, 0.717) is 12.5 Å². The number of aromatic nitrogens is 2. The molecule has 0 bridgehead atoms. The Kier molecular flexibility index (Phi) is 5.96. The Hall–Kier alpha value is -3.45. The number of hydrogen-bond donors (Lipinski definition) is 0. The molecule has 0 atom stereocenters. The minimum atomic E-state index is -0.354. The van der Waals surface area contributed by atoms with Gasteiger partial charge in [-0.15, -0.1) is 0 Å². The predicted molar refractivity (Wildman–Crippen MR) is 130 cm³/mol. The van der Waals surface area contributed by atoms with Crippen LogP contribution in [0.15, 0.2) is 60.9 Å². The number of rotatable bonds is 7. The van der Waals surface area contributed by atoms with Crippen molar-refractivity contribution in [3.05, 3.63) is 76.6 Å². The highest BCUT2D eigenvalue weighted by Gasteiger charge is 2.21. The first-order chi connectivity index (χ1) is 16.1. The highest BCUT2D eigenvalue weighted by molar-refractivity contribution is 6.07. The molecule has 7 nitrogen and oxygen atoms in total. The smallest absolute Gasteiger partial charge is 0.269 e. The highest BCUT2D eigenvalue weighted by atomic mass is 16.6. The van der Waals surface area contributed by atoms with Crippen LogP contribution in [0.3, 0.4) is 0 Å². The number of nitro benzene ring substituents is 1. The van der Waals surface area contributed by atoms with Gasteiger partial charge in [-0.2, -0.15) is 0 Å². The van der Waals surface area contributed by atoms with Gasteiger partial charge in [0.15, 0.2) is 0 Å². The molecule has 3 heterocycles. The Balaban J connectivity index is 1.16. The number of hydrogen-bond acceptors (Lipinski definition) is 5. The molecule has 2 aromatic heterocycles. The van der Waals surface area contributed by atoms with Gasteiger partial charge < -0.3 is 14.2 Å². The topological polar surface area (TPSA) is 73.4 Å². The van der Waals surface area contributed by atoms with Gasteiger partial charge in [-0.1, -0.05) is 30.3 Å². The van der Waals surface area contributed by atoms with E-state index in [1.165, 1.54) is 5.39 Å². The van der Waals surface area contributed by atoms with Crippen LogP contribution in [0, 0.1) is 16.0 Å². The van der Waals surface area contributed by atoms with Crippen LogP contribution in [0.1, 0.15) is 18.4 Å². The van der Waals surface area contributed by atoms with E-state index in [1.807, 2.05) is 37.4 Å². The van der Waals surface area contributed by atoms with Crippen molar-refractivity contribution in [3.63, 3.8) is 0 Å². The maximum atomic E-state index is 10.8. The van der Waals surface area contributed by atoms with E-state index in [-0.39, 0.29) is 10.6 Å². The van der Waals surface area contributed by atoms with Crippen molar-refractivity contribution in [1.82, 2.24) is 14.5 Å². The van der Waals surface area contributed by atoms with Crippen molar-refractivity contribution in [2.45, 2.75) is 19.3 Å². The molecular formula is C26H28N4O3. The number of nitro groups is 1. The standard InChI is InChI=1S/C26H28N4O3/c1-28-16-23-22-4-2-3-5-25(22)27-26(24(23)17-28)33-18-20-11-14-29(15-12-20)13-10-19-6-8-21(9-7-19)30(31)32/h2-9,16-17,20H,10-15,18H2,1H3. The minimum Gasteiger partial charge on any atom is -0.477 e. The summed E-state index contributed by atoms with van der Waals surface area (Å²) in [6.45, 7) is 3.76. The first-order valence-electron chi connectivity index (χ1n) is 11.5. The summed E-state index contributed by atoms with van der Waals surface area (Å²) in [7, 11) is 2.03. The Labute approximate surface area is 192 Å². The molecule has 0 saturated carbocycles. The molecule has 1 aliphatic heterocycles. The van der Waals surface area contributed by atoms with E-state index in [2.05, 4.69) is 27.9 Å². The number of piperidine rings is 1. The van der Waals surface area contributed by atoms with E-state index in [4.69, 9.17) is 9.72 Å². The summed E-state index contributed by atoms with van der Waals surface area (Å²) in [5, 5.41) is 14.2. The number of nitrogens with zero attached hydrogens (tertiary/aromatic N) is 4. The van der Waals surface area contributed by atoms with Crippen molar-refractivity contribution in [2.24, 2.45) is 13.0 Å². The summed E-state index contributed by atoms with van der Waals surface area (Å²) < 4.78 is 8.34. The summed E-state index contributed by atoms with van der Waals surface area (Å²) in [5.41, 5.74) is 2.25. The van der Waals surface area contributed by atoms with Gasteiger partial charge in [0.1, 0.15) is 0 Å². The predicted octanol–water partition coefficient (Wildman–Crippen LogP) is 4.97. The molecule has 2 aromatic carbocycles. The monoisotopic (exact) mass is 444 g/mol. The lowest BCUT2D eigenvalue weighted by Gasteiger charge is -2.31. The van der Waals surface area contributed by atoms with Gasteiger partial charge in [0.25, 0.3) is 5.69 Å². The van der Waals surface area contributed by atoms with Crippen LogP contribution in [-0.2, 0) is 13.5 Å². The van der Waals surface area contributed by atoms with Gasteiger partial charge in [0.05, 0.1) is 22.4 Å². The number of non-ortho nitro benzene ring substituents is 1. The summed E-state index contributed by atoms with van der Waals surface area (Å²) >= 11 is 0. The van der Waals surface area contributed by atoms with Gasteiger partial charge in [-0.3, -0.25) is 10.1 Å². The molecule has 170 valence electrons. The Bertz CT molecular complexity index is 1270. The molecule has 0 aliphatic carbocycles. The van der Waals surface area contributed by atoms with E-state index in [9.17, 15) is 10.1 Å². The fourth-order valence-corrected chi connectivity index (χ4v) is 4.69. The first-order valence-corrected chi connectivity index (χ1v) is 11.5. The van der Waals surface area contributed by atoms with Crippen LogP contribution in [0.4, 0.5) is 5.69 Å². The fraction of sp³-hybridized carbons (Fsp3) is 0.346. The van der Waals surface area contributed by atoms with Crippen LogP contribution >= 0.6 is 0 Å². The lowest BCUT2D eigenvalue weighted by molar-refractivity contribution is -0.384. The quantitative estimate of drug-likeness (QED) is 0.297. The van der Waals surface area contributed by atoms with Crippen molar-refractivity contribution >= 4 is 27.4 Å². The van der Waals surface area contributed by atoms with Crippen LogP contribution in [0.2, 0.25) is 0 Å². The average molecular weight is 445 g/mol. The molecule has 1 fully saturated rings. The summed E-state index contributed by atoms with van der Waals surface area (Å²) in [6.07, 6.45) is 7.34. The molecule has 5 rings (SSSR count). The van der Waals surface area contributed by atoms with E-state index in [0.717, 1.165) is 66.6 Å². The molecule has 0 spiro atoms. The summed E-state index contributed by atoms with van der Waals surface area (Å²) in [4.78, 5) is 17.7. The second kappa shape index (κ2) is 9.19. The SMILES string of the molecule is Cn1cc2c(OCC3CCN(CCc4ccc([N+](=O)[O-])cc4)CC3)nc3ccccc3c2c1. The lowest BCUT2D eigenvalue weighted by Crippen LogP contribution is -2.36. The van der Waals surface area contributed by atoms with E-state index >= 15 is 0 Å². The fourth-order valence-electron chi connectivity index (χ4n) is 4.69. The summed E-state index contributed by atoms with van der Waals surface area (Å²) in [6, 6.07) is 15.1. The molecule has 4 aromatic rings. The molecule has 0 N–H and O–H groups in total. The highest BCUT2D eigenvalue weighted by Crippen LogP contribution is 2.32. The number of likely N-dealkylation sites (tertiary alicyclic amines) is 1. The molecule has 33 heavy (non-hydrogen) atoms. The number of aryl methyl sites for hydroxylation is 1. The number of ether oxygens (including phenoxy) is 1. The lowest BCUT2D eigenvalue weighted by atomic mass is 9.97. The third-order valence-corrected chi connectivity index (χ3v) is 6.63. The van der Waals surface area contributed by atoms with Crippen molar-refractivity contribution in [1.29, 1.82) is 0 Å². The number of benzene rings is 2. The van der Waals surface area contributed by atoms with Crippen molar-refractivity contribution in [3.8, 4) is 5.88 Å². The Morgan fingerprint density at radius 1 is 1.03 bits per heavy atom. The van der Waals surface area contributed by atoms with Gasteiger partial charge in [0, 0.05) is 48.9 Å². The third-order valence-electron chi connectivity index (χ3n) is 6.63. The summed E-state index contributed by atoms with van der Waals surface area (Å²) in [5.74, 6) is 1.25. The number of fused-ring (bicyclic) bond motifs is 3. The third kappa shape index (κ3) is 4.68. The second-order valence-electron chi connectivity index (χ2n) is 8.95. The normalized spacial score (nSPS) is 15.3. The zero-order valence-electron chi connectivity index (χ0n) is 18.8. The maximum Gasteiger partial charge on any atom is 0.269 e.